The monoisotopic (exact) mass is 245 g/mol. The molecule has 2 aliphatic rings. The lowest BCUT2D eigenvalue weighted by atomic mass is 9.62. The molecular weight excluding hydrogens is 222 g/mol. The van der Waals surface area contributed by atoms with Gasteiger partial charge in [0.25, 0.3) is 0 Å². The predicted octanol–water partition coefficient (Wildman–Crippen LogP) is 3.25. The number of ether oxygens (including phenoxy) is 1. The summed E-state index contributed by atoms with van der Waals surface area (Å²) in [5, 5.41) is 3.67. The summed E-state index contributed by atoms with van der Waals surface area (Å²) in [4.78, 5) is 0. The maximum atomic E-state index is 5.42. The van der Waals surface area contributed by atoms with E-state index in [1.807, 2.05) is 0 Å². The van der Waals surface area contributed by atoms with Crippen LogP contribution in [-0.2, 0) is 12.0 Å². The fraction of sp³-hybridized carbons (Fsp3) is 0.625. The van der Waals surface area contributed by atoms with Crippen LogP contribution in [0.4, 0.5) is 0 Å². The van der Waals surface area contributed by atoms with E-state index < -0.39 is 0 Å². The molecule has 98 valence electrons. The maximum absolute atomic E-state index is 5.42. The Morgan fingerprint density at radius 2 is 2.17 bits per heavy atom. The van der Waals surface area contributed by atoms with Crippen LogP contribution in [0.25, 0.3) is 0 Å². The average molecular weight is 245 g/mol. The second kappa shape index (κ2) is 4.58. The molecule has 18 heavy (non-hydrogen) atoms. The molecular formula is C16H23NO. The molecule has 1 aromatic carbocycles. The number of rotatable bonds is 2. The number of hydrogen-bond donors (Lipinski definition) is 1. The number of nitrogens with one attached hydrogen (secondary N) is 1. The minimum atomic E-state index is 0.209. The van der Waals surface area contributed by atoms with E-state index in [2.05, 4.69) is 30.6 Å². The van der Waals surface area contributed by atoms with Crippen molar-refractivity contribution >= 4 is 0 Å². The van der Waals surface area contributed by atoms with Crippen molar-refractivity contribution in [2.24, 2.45) is 5.92 Å². The normalized spacial score (nSPS) is 30.4. The zero-order chi connectivity index (χ0) is 12.6. The summed E-state index contributed by atoms with van der Waals surface area (Å²) in [6, 6.07) is 6.63. The smallest absolute Gasteiger partial charge is 0.119 e. The Balaban J connectivity index is 2.10. The minimum absolute atomic E-state index is 0.209. The third kappa shape index (κ3) is 1.66. The molecule has 0 unspecified atom stereocenters. The molecule has 3 rings (SSSR count). The molecule has 1 fully saturated rings. The Labute approximate surface area is 110 Å². The van der Waals surface area contributed by atoms with Gasteiger partial charge in [-0.15, -0.1) is 0 Å². The number of fused-ring (bicyclic) bond motifs is 3. The molecule has 0 bridgehead atoms. The van der Waals surface area contributed by atoms with Crippen LogP contribution >= 0.6 is 0 Å². The van der Waals surface area contributed by atoms with Crippen molar-refractivity contribution < 1.29 is 4.74 Å². The highest BCUT2D eigenvalue weighted by atomic mass is 16.5. The van der Waals surface area contributed by atoms with Crippen LogP contribution in [0.3, 0.4) is 0 Å². The van der Waals surface area contributed by atoms with Gasteiger partial charge in [-0.3, -0.25) is 0 Å². The largest absolute Gasteiger partial charge is 0.497 e. The molecule has 1 N–H and O–H groups in total. The van der Waals surface area contributed by atoms with Gasteiger partial charge in [-0.05, 0) is 61.9 Å². The van der Waals surface area contributed by atoms with E-state index in [9.17, 15) is 0 Å². The molecule has 0 radical (unpaired) electrons. The molecule has 1 aromatic rings. The molecule has 2 nitrogen and oxygen atoms in total. The Morgan fingerprint density at radius 3 is 2.94 bits per heavy atom. The highest BCUT2D eigenvalue weighted by molar-refractivity contribution is 5.43. The maximum Gasteiger partial charge on any atom is 0.119 e. The first-order chi connectivity index (χ1) is 8.80. The molecule has 2 aliphatic carbocycles. The van der Waals surface area contributed by atoms with E-state index in [1.54, 1.807) is 7.11 Å². The summed E-state index contributed by atoms with van der Waals surface area (Å²) in [6.07, 6.45) is 7.95. The SMILES string of the molecule is CN[C@@]12CCCC[C@@H]1CCc1ccc(OC)cc12. The van der Waals surface area contributed by atoms with Gasteiger partial charge in [-0.2, -0.15) is 0 Å². The average Bonchev–Trinajstić information content (AvgIpc) is 2.46. The molecule has 0 spiro atoms. The summed E-state index contributed by atoms with van der Waals surface area (Å²) in [5.41, 5.74) is 3.23. The molecule has 1 saturated carbocycles. The zero-order valence-corrected chi connectivity index (χ0v) is 11.5. The Kier molecular flexibility index (Phi) is 3.06. The number of benzene rings is 1. The fourth-order valence-electron chi connectivity index (χ4n) is 4.10. The van der Waals surface area contributed by atoms with Crippen molar-refractivity contribution in [1.29, 1.82) is 0 Å². The first-order valence-electron chi connectivity index (χ1n) is 7.16. The van der Waals surface area contributed by atoms with Gasteiger partial charge in [-0.1, -0.05) is 18.9 Å². The van der Waals surface area contributed by atoms with Gasteiger partial charge in [0, 0.05) is 5.54 Å². The summed E-state index contributed by atoms with van der Waals surface area (Å²) < 4.78 is 5.42. The van der Waals surface area contributed by atoms with Crippen LogP contribution < -0.4 is 10.1 Å². The van der Waals surface area contributed by atoms with Crippen LogP contribution in [0, 0.1) is 5.92 Å². The van der Waals surface area contributed by atoms with Crippen LogP contribution in [0.15, 0.2) is 18.2 Å². The van der Waals surface area contributed by atoms with Crippen molar-refractivity contribution in [1.82, 2.24) is 5.32 Å². The van der Waals surface area contributed by atoms with Gasteiger partial charge < -0.3 is 10.1 Å². The Morgan fingerprint density at radius 1 is 1.28 bits per heavy atom. The molecule has 2 atom stereocenters. The van der Waals surface area contributed by atoms with E-state index >= 15 is 0 Å². The molecule has 0 saturated heterocycles. The van der Waals surface area contributed by atoms with Crippen LogP contribution in [-0.4, -0.2) is 14.2 Å². The summed E-state index contributed by atoms with van der Waals surface area (Å²) >= 11 is 0. The van der Waals surface area contributed by atoms with Gasteiger partial charge in [0.1, 0.15) is 5.75 Å². The van der Waals surface area contributed by atoms with Crippen LogP contribution in [0.1, 0.15) is 43.2 Å². The molecule has 0 aromatic heterocycles. The van der Waals surface area contributed by atoms with E-state index in [0.717, 1.165) is 11.7 Å². The molecule has 0 heterocycles. The van der Waals surface area contributed by atoms with Crippen LogP contribution in [0.5, 0.6) is 5.75 Å². The second-order valence-corrected chi connectivity index (χ2v) is 5.73. The van der Waals surface area contributed by atoms with Gasteiger partial charge >= 0.3 is 0 Å². The minimum Gasteiger partial charge on any atom is -0.497 e. The van der Waals surface area contributed by atoms with Gasteiger partial charge in [0.15, 0.2) is 0 Å². The third-order valence-corrected chi connectivity index (χ3v) is 5.08. The quantitative estimate of drug-likeness (QED) is 0.863. The van der Waals surface area contributed by atoms with Crippen molar-refractivity contribution in [3.05, 3.63) is 29.3 Å². The van der Waals surface area contributed by atoms with Crippen molar-refractivity contribution in [2.75, 3.05) is 14.2 Å². The van der Waals surface area contributed by atoms with Gasteiger partial charge in [0.2, 0.25) is 0 Å². The highest BCUT2D eigenvalue weighted by Gasteiger charge is 2.44. The van der Waals surface area contributed by atoms with Crippen LogP contribution in [0.2, 0.25) is 0 Å². The predicted molar refractivity (Wildman–Crippen MR) is 74.0 cm³/mol. The Hall–Kier alpha value is -1.02. The van der Waals surface area contributed by atoms with Gasteiger partial charge in [-0.25, -0.2) is 0 Å². The van der Waals surface area contributed by atoms with E-state index in [4.69, 9.17) is 4.74 Å². The third-order valence-electron chi connectivity index (χ3n) is 5.08. The lowest BCUT2D eigenvalue weighted by Gasteiger charge is -2.48. The summed E-state index contributed by atoms with van der Waals surface area (Å²) in [7, 11) is 3.89. The highest BCUT2D eigenvalue weighted by Crippen LogP contribution is 2.48. The van der Waals surface area contributed by atoms with E-state index in [1.165, 1.54) is 49.7 Å². The molecule has 0 aliphatic heterocycles. The lowest BCUT2D eigenvalue weighted by molar-refractivity contribution is 0.129. The van der Waals surface area contributed by atoms with Crippen molar-refractivity contribution in [3.63, 3.8) is 0 Å². The number of methoxy groups -OCH3 is 1. The van der Waals surface area contributed by atoms with Crippen molar-refractivity contribution in [2.45, 2.75) is 44.1 Å². The topological polar surface area (TPSA) is 21.3 Å². The lowest BCUT2D eigenvalue weighted by Crippen LogP contribution is -2.51. The van der Waals surface area contributed by atoms with E-state index in [0.29, 0.717) is 0 Å². The summed E-state index contributed by atoms with van der Waals surface area (Å²) in [5.74, 6) is 1.80. The van der Waals surface area contributed by atoms with Gasteiger partial charge in [0.05, 0.1) is 7.11 Å². The summed E-state index contributed by atoms with van der Waals surface area (Å²) in [6.45, 7) is 0. The standard InChI is InChI=1S/C16H23NO/c1-17-16-10-4-3-5-13(16)8-6-12-7-9-14(18-2)11-15(12)16/h7,9,11,13,17H,3-6,8,10H2,1-2H3/t13-,16+/m1/s1. The first-order valence-corrected chi connectivity index (χ1v) is 7.16. The van der Waals surface area contributed by atoms with Crippen molar-refractivity contribution in [3.8, 4) is 5.75 Å². The first kappa shape index (κ1) is 12.0. The van der Waals surface area contributed by atoms with E-state index in [-0.39, 0.29) is 5.54 Å². The second-order valence-electron chi connectivity index (χ2n) is 5.73. The Bertz CT molecular complexity index is 443. The number of aryl methyl sites for hydroxylation is 1. The number of hydrogen-bond acceptors (Lipinski definition) is 2. The molecule has 0 amide bonds. The zero-order valence-electron chi connectivity index (χ0n) is 11.5. The fourth-order valence-corrected chi connectivity index (χ4v) is 4.10. The molecule has 2 heteroatoms.